The van der Waals surface area contributed by atoms with Crippen LogP contribution in [0.4, 0.5) is 11.4 Å². The number of ketones is 1. The van der Waals surface area contributed by atoms with E-state index in [0.717, 1.165) is 5.69 Å². The summed E-state index contributed by atoms with van der Waals surface area (Å²) in [6.07, 6.45) is -0.0241. The molecule has 0 aromatic heterocycles. The first-order valence-corrected chi connectivity index (χ1v) is 12.7. The predicted octanol–water partition coefficient (Wildman–Crippen LogP) is 5.84. The third-order valence-electron chi connectivity index (χ3n) is 6.39. The van der Waals surface area contributed by atoms with Crippen molar-refractivity contribution in [3.8, 4) is 17.2 Å². The van der Waals surface area contributed by atoms with Crippen molar-refractivity contribution in [3.05, 3.63) is 82.4 Å². The molecule has 1 saturated heterocycles. The van der Waals surface area contributed by atoms with E-state index < -0.39 is 23.5 Å². The topological polar surface area (TPSA) is 88.5 Å². The number of anilines is 2. The number of Topliss-reactive ketones (excluding diaryl/α,β-unsaturated/α-hetero) is 1. The number of aliphatic hydroxyl groups is 1. The van der Waals surface area contributed by atoms with E-state index in [0.29, 0.717) is 22.7 Å². The van der Waals surface area contributed by atoms with Gasteiger partial charge in [0.05, 0.1) is 42.5 Å². The van der Waals surface area contributed by atoms with Crippen molar-refractivity contribution in [1.82, 2.24) is 0 Å². The van der Waals surface area contributed by atoms with Gasteiger partial charge in [-0.1, -0.05) is 23.7 Å². The fraction of sp³-hybridized carbons (Fsp3) is 0.267. The lowest BCUT2D eigenvalue weighted by Crippen LogP contribution is -2.29. The number of carbonyl (C=O) groups excluding carboxylic acids is 2. The SMILES string of the molecule is COc1cc(OC)c(/C(O)=C2\C(=O)C(=O)N(c3ccc(N(C)C)cc3)C2c2ccc(OC(C)C)cc2)cc1Cl. The van der Waals surface area contributed by atoms with Gasteiger partial charge in [-0.25, -0.2) is 0 Å². The number of rotatable bonds is 8. The maximum absolute atomic E-state index is 13.5. The summed E-state index contributed by atoms with van der Waals surface area (Å²) in [4.78, 5) is 30.4. The van der Waals surface area contributed by atoms with E-state index in [1.165, 1.54) is 31.3 Å². The normalized spacial score (nSPS) is 16.5. The summed E-state index contributed by atoms with van der Waals surface area (Å²) in [6, 6.07) is 16.4. The zero-order valence-corrected chi connectivity index (χ0v) is 23.4. The Hall–Kier alpha value is -4.17. The Bertz CT molecular complexity index is 1410. The Labute approximate surface area is 233 Å². The van der Waals surface area contributed by atoms with Crippen molar-refractivity contribution in [2.45, 2.75) is 26.0 Å². The summed E-state index contributed by atoms with van der Waals surface area (Å²) < 4.78 is 16.5. The first-order chi connectivity index (χ1) is 18.6. The van der Waals surface area contributed by atoms with Gasteiger partial charge in [0.25, 0.3) is 11.7 Å². The van der Waals surface area contributed by atoms with Crippen LogP contribution in [0.2, 0.25) is 5.02 Å². The van der Waals surface area contributed by atoms with Crippen LogP contribution in [0.3, 0.4) is 0 Å². The number of hydrogen-bond donors (Lipinski definition) is 1. The fourth-order valence-corrected chi connectivity index (χ4v) is 4.76. The summed E-state index contributed by atoms with van der Waals surface area (Å²) in [5, 5.41) is 11.8. The molecule has 0 saturated carbocycles. The average molecular weight is 551 g/mol. The molecule has 3 aromatic rings. The maximum Gasteiger partial charge on any atom is 0.300 e. The second kappa shape index (κ2) is 11.3. The van der Waals surface area contributed by atoms with Gasteiger partial charge in [0, 0.05) is 31.5 Å². The van der Waals surface area contributed by atoms with Crippen LogP contribution < -0.4 is 24.0 Å². The lowest BCUT2D eigenvalue weighted by molar-refractivity contribution is -0.132. The predicted molar refractivity (Wildman–Crippen MR) is 152 cm³/mol. The molecule has 9 heteroatoms. The van der Waals surface area contributed by atoms with Gasteiger partial charge in [-0.05, 0) is 61.9 Å². The molecular formula is C30H31ClN2O6. The highest BCUT2D eigenvalue weighted by Gasteiger charge is 2.47. The molecule has 1 heterocycles. The number of benzene rings is 3. The molecule has 1 atom stereocenters. The standard InChI is InChI=1S/C30H31ClN2O6/c1-17(2)39-21-13-7-18(8-14-21)27-26(28(34)22-15-23(31)25(38-6)16-24(22)37-5)29(35)30(36)33(27)20-11-9-19(10-12-20)32(3)4/h7-17,27,34H,1-6H3/b28-26+. The quantitative estimate of drug-likeness (QED) is 0.214. The van der Waals surface area contributed by atoms with Gasteiger partial charge in [0.2, 0.25) is 0 Å². The minimum Gasteiger partial charge on any atom is -0.507 e. The van der Waals surface area contributed by atoms with Crippen LogP contribution in [-0.2, 0) is 9.59 Å². The average Bonchev–Trinajstić information content (AvgIpc) is 3.18. The number of aliphatic hydroxyl groups excluding tert-OH is 1. The van der Waals surface area contributed by atoms with Crippen molar-refractivity contribution in [3.63, 3.8) is 0 Å². The van der Waals surface area contributed by atoms with Crippen LogP contribution in [0.15, 0.2) is 66.2 Å². The molecule has 8 nitrogen and oxygen atoms in total. The molecule has 204 valence electrons. The molecule has 0 spiro atoms. The first-order valence-electron chi connectivity index (χ1n) is 12.3. The molecule has 0 radical (unpaired) electrons. The number of methoxy groups -OCH3 is 2. The van der Waals surface area contributed by atoms with Gasteiger partial charge in [-0.15, -0.1) is 0 Å². The van der Waals surface area contributed by atoms with Crippen molar-refractivity contribution in [1.29, 1.82) is 0 Å². The number of carbonyl (C=O) groups is 2. The molecule has 0 bridgehead atoms. The molecule has 3 aromatic carbocycles. The third kappa shape index (κ3) is 5.38. The summed E-state index contributed by atoms with van der Waals surface area (Å²) >= 11 is 6.36. The number of ether oxygens (including phenoxy) is 3. The summed E-state index contributed by atoms with van der Waals surface area (Å²) in [5.74, 6) is -0.788. The molecule has 1 fully saturated rings. The summed E-state index contributed by atoms with van der Waals surface area (Å²) in [5.41, 5.74) is 2.12. The Morgan fingerprint density at radius 1 is 0.949 bits per heavy atom. The van der Waals surface area contributed by atoms with Crippen LogP contribution in [-0.4, -0.2) is 51.2 Å². The fourth-order valence-electron chi connectivity index (χ4n) is 4.52. The highest BCUT2D eigenvalue weighted by Crippen LogP contribution is 2.45. The van der Waals surface area contributed by atoms with E-state index in [-0.39, 0.29) is 28.0 Å². The van der Waals surface area contributed by atoms with Gasteiger partial charge in [0.15, 0.2) is 0 Å². The van der Waals surface area contributed by atoms with Crippen molar-refractivity contribution < 1.29 is 28.9 Å². The monoisotopic (exact) mass is 550 g/mol. The molecule has 1 unspecified atom stereocenters. The first kappa shape index (κ1) is 27.9. The zero-order valence-electron chi connectivity index (χ0n) is 22.7. The molecule has 1 amide bonds. The molecule has 39 heavy (non-hydrogen) atoms. The zero-order chi connectivity index (χ0) is 28.4. The van der Waals surface area contributed by atoms with Crippen LogP contribution in [0.25, 0.3) is 5.76 Å². The second-order valence-electron chi connectivity index (χ2n) is 9.50. The number of halogens is 1. The van der Waals surface area contributed by atoms with Gasteiger partial charge >= 0.3 is 0 Å². The minimum atomic E-state index is -0.922. The molecule has 1 aliphatic rings. The number of hydrogen-bond acceptors (Lipinski definition) is 7. The lowest BCUT2D eigenvalue weighted by atomic mass is 9.94. The van der Waals surface area contributed by atoms with Gasteiger partial charge < -0.3 is 24.2 Å². The van der Waals surface area contributed by atoms with E-state index >= 15 is 0 Å². The minimum absolute atomic E-state index is 0.0241. The lowest BCUT2D eigenvalue weighted by Gasteiger charge is -2.26. The smallest absolute Gasteiger partial charge is 0.300 e. The molecule has 0 aliphatic carbocycles. The van der Waals surface area contributed by atoms with Crippen LogP contribution in [0, 0.1) is 0 Å². The molecule has 4 rings (SSSR count). The van der Waals surface area contributed by atoms with Crippen molar-refractivity contribution in [2.75, 3.05) is 38.1 Å². The number of amides is 1. The van der Waals surface area contributed by atoms with Gasteiger partial charge in [-0.2, -0.15) is 0 Å². The van der Waals surface area contributed by atoms with E-state index in [1.807, 2.05) is 45.0 Å². The van der Waals surface area contributed by atoms with Crippen molar-refractivity contribution in [2.24, 2.45) is 0 Å². The number of nitrogens with zero attached hydrogens (tertiary/aromatic N) is 2. The van der Waals surface area contributed by atoms with E-state index in [2.05, 4.69) is 0 Å². The van der Waals surface area contributed by atoms with E-state index in [4.69, 9.17) is 25.8 Å². The van der Waals surface area contributed by atoms with Crippen molar-refractivity contribution >= 4 is 40.4 Å². The summed E-state index contributed by atoms with van der Waals surface area (Å²) in [6.45, 7) is 3.85. The highest BCUT2D eigenvalue weighted by molar-refractivity contribution is 6.51. The summed E-state index contributed by atoms with van der Waals surface area (Å²) in [7, 11) is 6.71. The largest absolute Gasteiger partial charge is 0.507 e. The van der Waals surface area contributed by atoms with Crippen LogP contribution >= 0.6 is 11.6 Å². The Balaban J connectivity index is 1.93. The third-order valence-corrected chi connectivity index (χ3v) is 6.68. The van der Waals surface area contributed by atoms with Crippen LogP contribution in [0.5, 0.6) is 17.2 Å². The Morgan fingerprint density at radius 3 is 2.10 bits per heavy atom. The van der Waals surface area contributed by atoms with E-state index in [1.54, 1.807) is 36.4 Å². The highest BCUT2D eigenvalue weighted by atomic mass is 35.5. The molecular weight excluding hydrogens is 520 g/mol. The maximum atomic E-state index is 13.5. The Morgan fingerprint density at radius 2 is 1.56 bits per heavy atom. The molecule has 1 aliphatic heterocycles. The van der Waals surface area contributed by atoms with Gasteiger partial charge in [0.1, 0.15) is 23.0 Å². The molecule has 1 N–H and O–H groups in total. The van der Waals surface area contributed by atoms with E-state index in [9.17, 15) is 14.7 Å². The van der Waals surface area contributed by atoms with Crippen LogP contribution in [0.1, 0.15) is 31.0 Å². The Kier molecular flexibility index (Phi) is 8.06. The second-order valence-corrected chi connectivity index (χ2v) is 9.91. The van der Waals surface area contributed by atoms with Gasteiger partial charge in [-0.3, -0.25) is 14.5 Å².